The van der Waals surface area contributed by atoms with Crippen molar-refractivity contribution in [1.82, 2.24) is 14.8 Å². The summed E-state index contributed by atoms with van der Waals surface area (Å²) in [6, 6.07) is 7.11. The van der Waals surface area contributed by atoms with Crippen LogP contribution in [0.1, 0.15) is 29.8 Å². The summed E-state index contributed by atoms with van der Waals surface area (Å²) in [4.78, 5) is 15.1. The molecule has 5 heteroatoms. The summed E-state index contributed by atoms with van der Waals surface area (Å²) in [6.07, 6.45) is 3.18. The van der Waals surface area contributed by atoms with E-state index in [0.29, 0.717) is 11.7 Å². The highest BCUT2D eigenvalue weighted by Crippen LogP contribution is 2.31. The molecule has 0 unspecified atom stereocenters. The van der Waals surface area contributed by atoms with Gasteiger partial charge in [-0.15, -0.1) is 0 Å². The van der Waals surface area contributed by atoms with Crippen LogP contribution in [-0.2, 0) is 7.05 Å². The lowest BCUT2D eigenvalue weighted by Crippen LogP contribution is -2.43. The Hall–Kier alpha value is -1.88. The number of nitrogens with zero attached hydrogens (tertiary/aromatic N) is 2. The topological polar surface area (TPSA) is 37.3 Å². The van der Waals surface area contributed by atoms with Crippen molar-refractivity contribution in [3.8, 4) is 0 Å². The Morgan fingerprint density at radius 2 is 2.05 bits per heavy atom. The summed E-state index contributed by atoms with van der Waals surface area (Å²) in [6.45, 7) is 1.85. The highest BCUT2D eigenvalue weighted by Gasteiger charge is 2.39. The standard InChI is InChI=1S/C17H20FN3O/c1-20-15-5-2-12(18)8-11(15)9-16(20)17(22)21-13-3-4-14(21)10-19-7-6-13/h2,5,8-9,13-14,19H,3-4,6-7,10H2,1H3/t13-,14+/m1/s1. The van der Waals surface area contributed by atoms with E-state index in [0.717, 1.165) is 43.3 Å². The Balaban J connectivity index is 1.75. The quantitative estimate of drug-likeness (QED) is 0.877. The average molecular weight is 301 g/mol. The van der Waals surface area contributed by atoms with Crippen LogP contribution in [0, 0.1) is 5.82 Å². The average Bonchev–Trinajstić information content (AvgIpc) is 2.94. The molecule has 1 aromatic carbocycles. The van der Waals surface area contributed by atoms with Gasteiger partial charge in [0.15, 0.2) is 0 Å². The monoisotopic (exact) mass is 301 g/mol. The Labute approximate surface area is 128 Å². The van der Waals surface area contributed by atoms with Gasteiger partial charge in [0.1, 0.15) is 11.5 Å². The fraction of sp³-hybridized carbons (Fsp3) is 0.471. The fourth-order valence-corrected chi connectivity index (χ4v) is 3.97. The molecular weight excluding hydrogens is 281 g/mol. The zero-order valence-corrected chi connectivity index (χ0v) is 12.7. The van der Waals surface area contributed by atoms with E-state index < -0.39 is 0 Å². The van der Waals surface area contributed by atoms with E-state index >= 15 is 0 Å². The summed E-state index contributed by atoms with van der Waals surface area (Å²) in [5.41, 5.74) is 1.55. The molecule has 0 radical (unpaired) electrons. The van der Waals surface area contributed by atoms with Crippen molar-refractivity contribution in [1.29, 1.82) is 0 Å². The van der Waals surface area contributed by atoms with Gasteiger partial charge >= 0.3 is 0 Å². The number of amides is 1. The molecule has 4 rings (SSSR count). The zero-order chi connectivity index (χ0) is 15.3. The first-order chi connectivity index (χ1) is 10.6. The number of fused-ring (bicyclic) bond motifs is 3. The second-order valence-corrected chi connectivity index (χ2v) is 6.38. The van der Waals surface area contributed by atoms with Crippen molar-refractivity contribution in [2.45, 2.75) is 31.3 Å². The summed E-state index contributed by atoms with van der Waals surface area (Å²) in [5, 5.41) is 4.20. The van der Waals surface area contributed by atoms with Crippen molar-refractivity contribution in [3.63, 3.8) is 0 Å². The minimum Gasteiger partial charge on any atom is -0.340 e. The van der Waals surface area contributed by atoms with Gasteiger partial charge in [-0.2, -0.15) is 0 Å². The minimum absolute atomic E-state index is 0.0790. The second-order valence-electron chi connectivity index (χ2n) is 6.38. The first-order valence-electron chi connectivity index (χ1n) is 7.93. The number of aromatic nitrogens is 1. The number of aryl methyl sites for hydroxylation is 1. The van der Waals surface area contributed by atoms with E-state index in [4.69, 9.17) is 0 Å². The van der Waals surface area contributed by atoms with E-state index in [-0.39, 0.29) is 17.8 Å². The number of rotatable bonds is 1. The van der Waals surface area contributed by atoms with Gasteiger partial charge in [0.25, 0.3) is 5.91 Å². The van der Waals surface area contributed by atoms with E-state index in [1.807, 2.05) is 17.7 Å². The summed E-state index contributed by atoms with van der Waals surface area (Å²) in [7, 11) is 1.88. The largest absolute Gasteiger partial charge is 0.340 e. The predicted molar refractivity (Wildman–Crippen MR) is 83.3 cm³/mol. The third-order valence-electron chi connectivity index (χ3n) is 5.11. The molecule has 22 heavy (non-hydrogen) atoms. The van der Waals surface area contributed by atoms with Gasteiger partial charge in [-0.05, 0) is 50.1 Å². The molecule has 2 aromatic rings. The molecule has 2 saturated heterocycles. The normalized spacial score (nSPS) is 24.7. The lowest BCUT2D eigenvalue weighted by molar-refractivity contribution is 0.0671. The van der Waals surface area contributed by atoms with E-state index in [1.165, 1.54) is 12.1 Å². The molecule has 0 saturated carbocycles. The van der Waals surface area contributed by atoms with Crippen molar-refractivity contribution in [2.75, 3.05) is 13.1 Å². The Bertz CT molecular complexity index is 725. The van der Waals surface area contributed by atoms with Crippen molar-refractivity contribution >= 4 is 16.8 Å². The van der Waals surface area contributed by atoms with Crippen LogP contribution >= 0.6 is 0 Å². The van der Waals surface area contributed by atoms with Gasteiger partial charge in [0.2, 0.25) is 0 Å². The predicted octanol–water partition coefficient (Wildman–Crippen LogP) is 2.28. The summed E-state index contributed by atoms with van der Waals surface area (Å²) < 4.78 is 15.3. The molecule has 1 aromatic heterocycles. The van der Waals surface area contributed by atoms with Crippen LogP contribution in [0.4, 0.5) is 4.39 Å². The van der Waals surface area contributed by atoms with E-state index in [2.05, 4.69) is 10.2 Å². The summed E-state index contributed by atoms with van der Waals surface area (Å²) in [5.74, 6) is -0.188. The highest BCUT2D eigenvalue weighted by atomic mass is 19.1. The molecule has 2 bridgehead atoms. The molecule has 2 fully saturated rings. The zero-order valence-electron chi connectivity index (χ0n) is 12.7. The maximum absolute atomic E-state index is 13.4. The molecule has 2 atom stereocenters. The second kappa shape index (κ2) is 5.09. The van der Waals surface area contributed by atoms with Gasteiger partial charge < -0.3 is 14.8 Å². The Morgan fingerprint density at radius 3 is 2.91 bits per heavy atom. The number of hydrogen-bond acceptors (Lipinski definition) is 2. The van der Waals surface area contributed by atoms with E-state index in [9.17, 15) is 9.18 Å². The van der Waals surface area contributed by atoms with Crippen LogP contribution < -0.4 is 5.32 Å². The molecule has 1 N–H and O–H groups in total. The molecule has 1 amide bonds. The van der Waals surface area contributed by atoms with Gasteiger partial charge in [-0.25, -0.2) is 4.39 Å². The van der Waals surface area contributed by atoms with Gasteiger partial charge in [-0.1, -0.05) is 0 Å². The molecule has 3 heterocycles. The van der Waals surface area contributed by atoms with Gasteiger partial charge in [0, 0.05) is 36.6 Å². The lowest BCUT2D eigenvalue weighted by Gasteiger charge is -2.28. The smallest absolute Gasteiger partial charge is 0.271 e. The number of hydrogen-bond donors (Lipinski definition) is 1. The number of halogens is 1. The van der Waals surface area contributed by atoms with Crippen LogP contribution in [-0.4, -0.2) is 40.5 Å². The molecule has 0 aliphatic carbocycles. The molecule has 116 valence electrons. The third kappa shape index (κ3) is 2.03. The van der Waals surface area contributed by atoms with Gasteiger partial charge in [0.05, 0.1) is 0 Å². The maximum atomic E-state index is 13.4. The van der Waals surface area contributed by atoms with Crippen molar-refractivity contribution in [3.05, 3.63) is 35.8 Å². The van der Waals surface area contributed by atoms with Gasteiger partial charge in [-0.3, -0.25) is 4.79 Å². The molecule has 2 aliphatic heterocycles. The summed E-state index contributed by atoms with van der Waals surface area (Å²) >= 11 is 0. The van der Waals surface area contributed by atoms with Crippen molar-refractivity contribution < 1.29 is 9.18 Å². The number of nitrogens with one attached hydrogen (secondary N) is 1. The SMILES string of the molecule is Cn1c(C(=O)N2[C@H]3CCNC[C@@H]2CC3)cc2cc(F)ccc21. The van der Waals surface area contributed by atoms with Crippen molar-refractivity contribution in [2.24, 2.45) is 7.05 Å². The lowest BCUT2D eigenvalue weighted by atomic mass is 10.1. The number of benzene rings is 1. The van der Waals surface area contributed by atoms with Crippen LogP contribution in [0.2, 0.25) is 0 Å². The molecule has 0 spiro atoms. The molecule has 4 nitrogen and oxygen atoms in total. The first kappa shape index (κ1) is 13.8. The minimum atomic E-state index is -0.267. The van der Waals surface area contributed by atoms with E-state index in [1.54, 1.807) is 6.07 Å². The highest BCUT2D eigenvalue weighted by molar-refractivity contribution is 5.99. The van der Waals surface area contributed by atoms with Crippen LogP contribution in [0.25, 0.3) is 10.9 Å². The third-order valence-corrected chi connectivity index (χ3v) is 5.11. The molecule has 2 aliphatic rings. The fourth-order valence-electron chi connectivity index (χ4n) is 3.97. The first-order valence-corrected chi connectivity index (χ1v) is 7.93. The van der Waals surface area contributed by atoms with Crippen LogP contribution in [0.3, 0.4) is 0 Å². The molecular formula is C17H20FN3O. The van der Waals surface area contributed by atoms with Crippen LogP contribution in [0.5, 0.6) is 0 Å². The Kier molecular flexibility index (Phi) is 3.18. The number of carbonyl (C=O) groups is 1. The Morgan fingerprint density at radius 1 is 1.23 bits per heavy atom. The number of carbonyl (C=O) groups excluding carboxylic acids is 1. The maximum Gasteiger partial charge on any atom is 0.271 e. The van der Waals surface area contributed by atoms with Crippen LogP contribution in [0.15, 0.2) is 24.3 Å².